The monoisotopic (exact) mass is 443 g/mol. The molecule has 6 heteroatoms. The van der Waals surface area contributed by atoms with Gasteiger partial charge < -0.3 is 10.1 Å². The molecule has 0 aliphatic carbocycles. The molecule has 0 aliphatic rings. The SMILES string of the molecule is Cc1cccc(COc2ccc(C=NNC(=O)CCC(=O)Nc3cc(C)ccc3C)cc2)c1. The summed E-state index contributed by atoms with van der Waals surface area (Å²) in [6.07, 6.45) is 1.69. The minimum absolute atomic E-state index is 0.0553. The lowest BCUT2D eigenvalue weighted by atomic mass is 10.1. The first-order valence-electron chi connectivity index (χ1n) is 10.9. The minimum Gasteiger partial charge on any atom is -0.489 e. The summed E-state index contributed by atoms with van der Waals surface area (Å²) in [7, 11) is 0. The van der Waals surface area contributed by atoms with Crippen molar-refractivity contribution >= 4 is 23.7 Å². The van der Waals surface area contributed by atoms with E-state index in [2.05, 4.69) is 34.9 Å². The summed E-state index contributed by atoms with van der Waals surface area (Å²) in [6, 6.07) is 21.5. The van der Waals surface area contributed by atoms with Gasteiger partial charge in [0.05, 0.1) is 6.21 Å². The summed E-state index contributed by atoms with van der Waals surface area (Å²) in [5, 5.41) is 6.81. The van der Waals surface area contributed by atoms with E-state index >= 15 is 0 Å². The number of amides is 2. The molecule has 6 nitrogen and oxygen atoms in total. The van der Waals surface area contributed by atoms with E-state index in [-0.39, 0.29) is 24.7 Å². The fourth-order valence-electron chi connectivity index (χ4n) is 3.16. The summed E-state index contributed by atoms with van der Waals surface area (Å²) in [5.74, 6) is 0.233. The molecule has 0 fully saturated rings. The Labute approximate surface area is 194 Å². The summed E-state index contributed by atoms with van der Waals surface area (Å²) in [6.45, 7) is 6.45. The highest BCUT2D eigenvalue weighted by atomic mass is 16.5. The highest BCUT2D eigenvalue weighted by molar-refractivity contribution is 5.94. The number of hydrogen-bond donors (Lipinski definition) is 2. The van der Waals surface area contributed by atoms with Crippen LogP contribution in [0.15, 0.2) is 71.8 Å². The second-order valence-corrected chi connectivity index (χ2v) is 8.01. The van der Waals surface area contributed by atoms with E-state index in [1.807, 2.05) is 68.4 Å². The third-order valence-electron chi connectivity index (χ3n) is 5.02. The molecule has 0 unspecified atom stereocenters. The molecule has 0 bridgehead atoms. The number of carbonyl (C=O) groups is 2. The van der Waals surface area contributed by atoms with E-state index in [0.29, 0.717) is 6.61 Å². The molecule has 0 aliphatic heterocycles. The average molecular weight is 444 g/mol. The van der Waals surface area contributed by atoms with Gasteiger partial charge in [-0.05, 0) is 73.4 Å². The summed E-state index contributed by atoms with van der Waals surface area (Å²) in [5.41, 5.74) is 8.41. The number of nitrogens with one attached hydrogen (secondary N) is 2. The second-order valence-electron chi connectivity index (χ2n) is 8.01. The molecule has 0 atom stereocenters. The number of aryl methyl sites for hydroxylation is 3. The van der Waals surface area contributed by atoms with Gasteiger partial charge >= 0.3 is 0 Å². The molecule has 0 radical (unpaired) electrons. The Morgan fingerprint density at radius 3 is 2.36 bits per heavy atom. The number of nitrogens with zero attached hydrogens (tertiary/aromatic N) is 1. The maximum Gasteiger partial charge on any atom is 0.240 e. The van der Waals surface area contributed by atoms with Crippen LogP contribution in [0.4, 0.5) is 5.69 Å². The molecule has 0 saturated carbocycles. The average Bonchev–Trinajstić information content (AvgIpc) is 2.80. The Hall–Kier alpha value is -3.93. The highest BCUT2D eigenvalue weighted by Crippen LogP contribution is 2.17. The summed E-state index contributed by atoms with van der Waals surface area (Å²) < 4.78 is 5.80. The molecule has 0 spiro atoms. The zero-order chi connectivity index (χ0) is 23.6. The van der Waals surface area contributed by atoms with E-state index in [0.717, 1.165) is 33.7 Å². The number of rotatable bonds is 9. The fraction of sp³-hybridized carbons (Fsp3) is 0.222. The van der Waals surface area contributed by atoms with Gasteiger partial charge in [-0.15, -0.1) is 0 Å². The van der Waals surface area contributed by atoms with Gasteiger partial charge in [0.2, 0.25) is 11.8 Å². The third kappa shape index (κ3) is 7.92. The van der Waals surface area contributed by atoms with E-state index < -0.39 is 0 Å². The van der Waals surface area contributed by atoms with Crippen LogP contribution in [0, 0.1) is 20.8 Å². The van der Waals surface area contributed by atoms with E-state index in [9.17, 15) is 9.59 Å². The Bertz CT molecular complexity index is 1140. The van der Waals surface area contributed by atoms with Crippen LogP contribution in [0.25, 0.3) is 0 Å². The molecule has 0 saturated heterocycles. The molecular weight excluding hydrogens is 414 g/mol. The predicted molar refractivity (Wildman–Crippen MR) is 131 cm³/mol. The van der Waals surface area contributed by atoms with Crippen molar-refractivity contribution in [3.63, 3.8) is 0 Å². The number of ether oxygens (including phenoxy) is 1. The number of hydrogen-bond acceptors (Lipinski definition) is 4. The predicted octanol–water partition coefficient (Wildman–Crippen LogP) is 5.06. The zero-order valence-electron chi connectivity index (χ0n) is 19.2. The zero-order valence-corrected chi connectivity index (χ0v) is 19.2. The van der Waals surface area contributed by atoms with Gasteiger partial charge in [0.25, 0.3) is 0 Å². The maximum absolute atomic E-state index is 12.1. The van der Waals surface area contributed by atoms with Crippen LogP contribution in [-0.4, -0.2) is 18.0 Å². The van der Waals surface area contributed by atoms with Crippen molar-refractivity contribution in [1.29, 1.82) is 0 Å². The van der Waals surface area contributed by atoms with Gasteiger partial charge in [-0.25, -0.2) is 5.43 Å². The van der Waals surface area contributed by atoms with Crippen LogP contribution in [0.2, 0.25) is 0 Å². The molecule has 170 valence electrons. The van der Waals surface area contributed by atoms with Crippen molar-refractivity contribution in [3.8, 4) is 5.75 Å². The molecule has 3 rings (SSSR count). The number of benzene rings is 3. The molecule has 0 heterocycles. The van der Waals surface area contributed by atoms with Crippen LogP contribution >= 0.6 is 0 Å². The molecule has 2 N–H and O–H groups in total. The number of hydrazone groups is 1. The molecule has 2 amide bonds. The first kappa shape index (κ1) is 23.7. The van der Waals surface area contributed by atoms with Crippen LogP contribution in [0.3, 0.4) is 0 Å². The smallest absolute Gasteiger partial charge is 0.240 e. The van der Waals surface area contributed by atoms with Crippen molar-refractivity contribution in [2.75, 3.05) is 5.32 Å². The Morgan fingerprint density at radius 1 is 0.879 bits per heavy atom. The van der Waals surface area contributed by atoms with Crippen molar-refractivity contribution < 1.29 is 14.3 Å². The Balaban J connectivity index is 1.39. The van der Waals surface area contributed by atoms with Crippen molar-refractivity contribution in [2.45, 2.75) is 40.2 Å². The fourth-order valence-corrected chi connectivity index (χ4v) is 3.16. The van der Waals surface area contributed by atoms with Crippen LogP contribution in [-0.2, 0) is 16.2 Å². The quantitative estimate of drug-likeness (QED) is 0.358. The van der Waals surface area contributed by atoms with Crippen LogP contribution < -0.4 is 15.5 Å². The van der Waals surface area contributed by atoms with Gasteiger partial charge in [-0.2, -0.15) is 5.10 Å². The number of carbonyl (C=O) groups excluding carboxylic acids is 2. The molecular formula is C27H29N3O3. The van der Waals surface area contributed by atoms with Gasteiger partial charge in [0.15, 0.2) is 0 Å². The normalized spacial score (nSPS) is 10.8. The maximum atomic E-state index is 12.1. The topological polar surface area (TPSA) is 79.8 Å². The lowest BCUT2D eigenvalue weighted by molar-refractivity contribution is -0.124. The Morgan fingerprint density at radius 2 is 1.61 bits per heavy atom. The van der Waals surface area contributed by atoms with E-state index in [1.54, 1.807) is 6.21 Å². The van der Waals surface area contributed by atoms with Gasteiger partial charge in [-0.3, -0.25) is 9.59 Å². The molecule has 3 aromatic rings. The van der Waals surface area contributed by atoms with Crippen molar-refractivity contribution in [1.82, 2.24) is 5.43 Å². The lowest BCUT2D eigenvalue weighted by Crippen LogP contribution is -2.20. The van der Waals surface area contributed by atoms with E-state index in [4.69, 9.17) is 4.74 Å². The van der Waals surface area contributed by atoms with Gasteiger partial charge in [0.1, 0.15) is 12.4 Å². The largest absolute Gasteiger partial charge is 0.489 e. The minimum atomic E-state index is -0.319. The second kappa shape index (κ2) is 11.6. The lowest BCUT2D eigenvalue weighted by Gasteiger charge is -2.09. The molecule has 3 aromatic carbocycles. The standard InChI is InChI=1S/C27H29N3O3/c1-19-5-4-6-23(15-19)18-33-24-11-9-22(10-12-24)17-28-30-27(32)14-13-26(31)29-25-16-20(2)7-8-21(25)3/h4-12,15-17H,13-14,18H2,1-3H3,(H,29,31)(H,30,32). The number of anilines is 1. The van der Waals surface area contributed by atoms with Gasteiger partial charge in [-0.1, -0.05) is 42.0 Å². The molecule has 0 aromatic heterocycles. The summed E-state index contributed by atoms with van der Waals surface area (Å²) >= 11 is 0. The summed E-state index contributed by atoms with van der Waals surface area (Å²) in [4.78, 5) is 24.1. The van der Waals surface area contributed by atoms with Crippen LogP contribution in [0.1, 0.15) is 40.7 Å². The van der Waals surface area contributed by atoms with Crippen LogP contribution in [0.5, 0.6) is 5.75 Å². The third-order valence-corrected chi connectivity index (χ3v) is 5.02. The van der Waals surface area contributed by atoms with Gasteiger partial charge in [0, 0.05) is 18.5 Å². The van der Waals surface area contributed by atoms with Crippen molar-refractivity contribution in [2.24, 2.45) is 5.10 Å². The van der Waals surface area contributed by atoms with Crippen molar-refractivity contribution in [3.05, 3.63) is 94.5 Å². The Kier molecular flexibility index (Phi) is 8.36. The molecule has 33 heavy (non-hydrogen) atoms. The first-order valence-corrected chi connectivity index (χ1v) is 10.9. The highest BCUT2D eigenvalue weighted by Gasteiger charge is 2.08. The van der Waals surface area contributed by atoms with E-state index in [1.165, 1.54) is 5.56 Å². The first-order chi connectivity index (χ1) is 15.9.